The van der Waals surface area contributed by atoms with Crippen molar-refractivity contribution < 1.29 is 0 Å². The van der Waals surface area contributed by atoms with Gasteiger partial charge in [-0.2, -0.15) is 5.26 Å². The first kappa shape index (κ1) is 18.3. The van der Waals surface area contributed by atoms with Crippen molar-refractivity contribution in [2.24, 2.45) is 11.3 Å². The van der Waals surface area contributed by atoms with Crippen molar-refractivity contribution in [3.05, 3.63) is 29.8 Å². The standard InChI is InChI=1S/C22H33N3/c1-19(2)22(10-13-23)11-16-24(17-12-22)18-20-6-8-21(9-7-20)25-14-4-3-5-15-25/h6-9,19H,3-5,10-12,14-18H2,1-2H3. The molecule has 0 N–H and O–H groups in total. The van der Waals surface area contributed by atoms with Gasteiger partial charge in [0, 0.05) is 31.7 Å². The fourth-order valence-electron chi connectivity index (χ4n) is 4.49. The zero-order chi connectivity index (χ0) is 17.7. The van der Waals surface area contributed by atoms with Crippen molar-refractivity contribution >= 4 is 5.69 Å². The Hall–Kier alpha value is -1.53. The highest BCUT2D eigenvalue weighted by Crippen LogP contribution is 2.41. The van der Waals surface area contributed by atoms with Gasteiger partial charge in [0.25, 0.3) is 0 Å². The van der Waals surface area contributed by atoms with Crippen molar-refractivity contribution in [2.75, 3.05) is 31.1 Å². The summed E-state index contributed by atoms with van der Waals surface area (Å²) in [5.41, 5.74) is 3.04. The van der Waals surface area contributed by atoms with Gasteiger partial charge in [-0.05, 0) is 74.2 Å². The van der Waals surface area contributed by atoms with Crippen LogP contribution in [-0.4, -0.2) is 31.1 Å². The lowest BCUT2D eigenvalue weighted by Crippen LogP contribution is -2.42. The summed E-state index contributed by atoms with van der Waals surface area (Å²) in [5.74, 6) is 0.595. The molecule has 2 aliphatic heterocycles. The minimum absolute atomic E-state index is 0.239. The van der Waals surface area contributed by atoms with Gasteiger partial charge < -0.3 is 4.90 Å². The van der Waals surface area contributed by atoms with Crippen LogP contribution in [0.25, 0.3) is 0 Å². The number of benzene rings is 1. The van der Waals surface area contributed by atoms with Gasteiger partial charge in [-0.25, -0.2) is 0 Å². The van der Waals surface area contributed by atoms with Crippen LogP contribution in [0.1, 0.15) is 57.9 Å². The first-order chi connectivity index (χ1) is 12.1. The van der Waals surface area contributed by atoms with Crippen LogP contribution >= 0.6 is 0 Å². The zero-order valence-electron chi connectivity index (χ0n) is 16.0. The molecule has 2 fully saturated rings. The molecule has 3 nitrogen and oxygen atoms in total. The van der Waals surface area contributed by atoms with Gasteiger partial charge in [0.2, 0.25) is 0 Å². The predicted molar refractivity (Wildman–Crippen MR) is 105 cm³/mol. The van der Waals surface area contributed by atoms with Crippen molar-refractivity contribution in [1.82, 2.24) is 4.90 Å². The molecule has 136 valence electrons. The number of likely N-dealkylation sites (tertiary alicyclic amines) is 1. The van der Waals surface area contributed by atoms with E-state index in [0.717, 1.165) is 32.5 Å². The summed E-state index contributed by atoms with van der Waals surface area (Å²) in [5, 5.41) is 9.20. The summed E-state index contributed by atoms with van der Waals surface area (Å²) in [6, 6.07) is 11.7. The van der Waals surface area contributed by atoms with Gasteiger partial charge in [0.05, 0.1) is 6.07 Å². The molecule has 1 aromatic rings. The summed E-state index contributed by atoms with van der Waals surface area (Å²) < 4.78 is 0. The van der Waals surface area contributed by atoms with E-state index in [1.165, 1.54) is 43.6 Å². The second-order valence-electron chi connectivity index (χ2n) is 8.34. The van der Waals surface area contributed by atoms with E-state index in [9.17, 15) is 5.26 Å². The normalized spacial score (nSPS) is 21.3. The lowest BCUT2D eigenvalue weighted by molar-refractivity contribution is 0.0617. The SMILES string of the molecule is CC(C)C1(CC#N)CCN(Cc2ccc(N3CCCCC3)cc2)CC1. The minimum atomic E-state index is 0.239. The third-order valence-corrected chi connectivity index (χ3v) is 6.57. The summed E-state index contributed by atoms with van der Waals surface area (Å²) in [6.07, 6.45) is 7.07. The topological polar surface area (TPSA) is 30.3 Å². The molecular weight excluding hydrogens is 306 g/mol. The summed E-state index contributed by atoms with van der Waals surface area (Å²) in [7, 11) is 0. The maximum atomic E-state index is 9.20. The van der Waals surface area contributed by atoms with Crippen LogP contribution < -0.4 is 4.90 Å². The Morgan fingerprint density at radius 2 is 1.64 bits per heavy atom. The van der Waals surface area contributed by atoms with Crippen molar-refractivity contribution in [2.45, 2.75) is 58.9 Å². The average Bonchev–Trinajstić information content (AvgIpc) is 2.65. The molecule has 0 bridgehead atoms. The first-order valence-corrected chi connectivity index (χ1v) is 10.1. The minimum Gasteiger partial charge on any atom is -0.372 e. The Morgan fingerprint density at radius 3 is 2.20 bits per heavy atom. The highest BCUT2D eigenvalue weighted by Gasteiger charge is 2.37. The van der Waals surface area contributed by atoms with Gasteiger partial charge in [0.15, 0.2) is 0 Å². The molecule has 0 unspecified atom stereocenters. The molecule has 3 rings (SSSR count). The maximum Gasteiger partial charge on any atom is 0.0627 e. The number of anilines is 1. The summed E-state index contributed by atoms with van der Waals surface area (Å²) in [6.45, 7) is 10.3. The number of hydrogen-bond acceptors (Lipinski definition) is 3. The lowest BCUT2D eigenvalue weighted by Gasteiger charge is -2.43. The lowest BCUT2D eigenvalue weighted by atomic mass is 9.68. The van der Waals surface area contributed by atoms with E-state index in [0.29, 0.717) is 12.3 Å². The van der Waals surface area contributed by atoms with Gasteiger partial charge in [-0.1, -0.05) is 26.0 Å². The fourth-order valence-corrected chi connectivity index (χ4v) is 4.49. The Kier molecular flexibility index (Phi) is 6.02. The molecule has 0 amide bonds. The van der Waals surface area contributed by atoms with E-state index in [4.69, 9.17) is 0 Å². The molecule has 2 heterocycles. The average molecular weight is 340 g/mol. The molecule has 1 aromatic carbocycles. The number of hydrogen-bond donors (Lipinski definition) is 0. The highest BCUT2D eigenvalue weighted by atomic mass is 15.1. The Balaban J connectivity index is 1.54. The van der Waals surface area contributed by atoms with E-state index >= 15 is 0 Å². The zero-order valence-corrected chi connectivity index (χ0v) is 16.0. The Morgan fingerprint density at radius 1 is 1.00 bits per heavy atom. The van der Waals surface area contributed by atoms with Crippen LogP contribution in [-0.2, 0) is 6.54 Å². The van der Waals surface area contributed by atoms with Gasteiger partial charge in [-0.15, -0.1) is 0 Å². The highest BCUT2D eigenvalue weighted by molar-refractivity contribution is 5.47. The van der Waals surface area contributed by atoms with E-state index in [-0.39, 0.29) is 5.41 Å². The van der Waals surface area contributed by atoms with E-state index < -0.39 is 0 Å². The molecule has 2 aliphatic rings. The molecule has 0 saturated carbocycles. The summed E-state index contributed by atoms with van der Waals surface area (Å²) in [4.78, 5) is 5.08. The van der Waals surface area contributed by atoms with E-state index in [1.807, 2.05) is 0 Å². The van der Waals surface area contributed by atoms with Crippen LogP contribution in [0, 0.1) is 22.7 Å². The first-order valence-electron chi connectivity index (χ1n) is 10.1. The molecule has 0 atom stereocenters. The van der Waals surface area contributed by atoms with Crippen molar-refractivity contribution in [1.29, 1.82) is 5.26 Å². The fraction of sp³-hybridized carbons (Fsp3) is 0.682. The molecule has 0 aliphatic carbocycles. The molecule has 3 heteroatoms. The number of piperidine rings is 2. The van der Waals surface area contributed by atoms with Crippen LogP contribution in [0.3, 0.4) is 0 Å². The van der Waals surface area contributed by atoms with Crippen molar-refractivity contribution in [3.63, 3.8) is 0 Å². The Labute approximate surface area is 153 Å². The number of nitrogens with zero attached hydrogens (tertiary/aromatic N) is 3. The Bertz CT molecular complexity index is 570. The third kappa shape index (κ3) is 4.36. The second-order valence-corrected chi connectivity index (χ2v) is 8.34. The van der Waals surface area contributed by atoms with E-state index in [2.05, 4.69) is 54.0 Å². The van der Waals surface area contributed by atoms with Gasteiger partial charge >= 0.3 is 0 Å². The molecule has 2 saturated heterocycles. The van der Waals surface area contributed by atoms with Crippen LogP contribution in [0.15, 0.2) is 24.3 Å². The monoisotopic (exact) mass is 339 g/mol. The maximum absolute atomic E-state index is 9.20. The van der Waals surface area contributed by atoms with Crippen LogP contribution in [0.5, 0.6) is 0 Å². The van der Waals surface area contributed by atoms with Gasteiger partial charge in [-0.3, -0.25) is 4.90 Å². The molecular formula is C22H33N3. The number of rotatable bonds is 5. The summed E-state index contributed by atoms with van der Waals surface area (Å²) >= 11 is 0. The largest absolute Gasteiger partial charge is 0.372 e. The quantitative estimate of drug-likeness (QED) is 0.770. The second kappa shape index (κ2) is 8.23. The third-order valence-electron chi connectivity index (χ3n) is 6.57. The van der Waals surface area contributed by atoms with Crippen LogP contribution in [0.4, 0.5) is 5.69 Å². The molecule has 0 spiro atoms. The van der Waals surface area contributed by atoms with Crippen LogP contribution in [0.2, 0.25) is 0 Å². The molecule has 25 heavy (non-hydrogen) atoms. The van der Waals surface area contributed by atoms with Gasteiger partial charge in [0.1, 0.15) is 0 Å². The molecule has 0 aromatic heterocycles. The predicted octanol–water partition coefficient (Wildman–Crippen LogP) is 4.83. The smallest absolute Gasteiger partial charge is 0.0627 e. The van der Waals surface area contributed by atoms with Crippen molar-refractivity contribution in [3.8, 4) is 6.07 Å². The number of nitriles is 1. The molecule has 0 radical (unpaired) electrons. The van der Waals surface area contributed by atoms with E-state index in [1.54, 1.807) is 0 Å².